The molecule has 4 nitrogen and oxygen atoms in total. The number of aliphatic carboxylic acids is 2. The van der Waals surface area contributed by atoms with Crippen LogP contribution in [0.15, 0.2) is 48.6 Å². The third kappa shape index (κ3) is 48.5. The minimum absolute atomic E-state index is 0. The average molecular weight is 617 g/mol. The number of rotatable bonds is 28. The van der Waals surface area contributed by atoms with Gasteiger partial charge in [-0.15, -0.1) is 0 Å². The van der Waals surface area contributed by atoms with Crippen LogP contribution in [0.5, 0.6) is 0 Å². The van der Waals surface area contributed by atoms with Gasteiger partial charge in [0.25, 0.3) is 0 Å². The molecule has 0 amide bonds. The molecule has 0 aliphatic heterocycles. The summed E-state index contributed by atoms with van der Waals surface area (Å²) in [6, 6.07) is 0. The number of carbonyl (C=O) groups is 2. The van der Waals surface area contributed by atoms with E-state index in [-0.39, 0.29) is 17.1 Å². The summed E-state index contributed by atoms with van der Waals surface area (Å²) in [4.78, 5) is 20.6. The van der Waals surface area contributed by atoms with E-state index in [1.165, 1.54) is 89.9 Å². The normalized spacial score (nSPS) is 11.4. The molecule has 0 heterocycles. The van der Waals surface area contributed by atoms with E-state index in [1.54, 1.807) is 0 Å². The van der Waals surface area contributed by atoms with Crippen molar-refractivity contribution in [1.82, 2.24) is 0 Å². The molecule has 0 aromatic carbocycles. The number of carboxylic acids is 2. The van der Waals surface area contributed by atoms with Crippen LogP contribution in [0.2, 0.25) is 0 Å². The van der Waals surface area contributed by atoms with Crippen molar-refractivity contribution in [2.24, 2.45) is 0 Å². The summed E-state index contributed by atoms with van der Waals surface area (Å²) in [6.45, 7) is 4.47. The van der Waals surface area contributed by atoms with Crippen molar-refractivity contribution < 1.29 is 36.9 Å². The first-order chi connectivity index (χ1) is 19.5. The van der Waals surface area contributed by atoms with Gasteiger partial charge in [-0.2, -0.15) is 0 Å². The van der Waals surface area contributed by atoms with Crippen molar-refractivity contribution in [3.8, 4) is 0 Å². The Labute approximate surface area is 264 Å². The van der Waals surface area contributed by atoms with Gasteiger partial charge in [0.2, 0.25) is 0 Å². The largest absolute Gasteiger partial charge is 0.481 e. The van der Waals surface area contributed by atoms with Crippen molar-refractivity contribution in [3.63, 3.8) is 0 Å². The minimum atomic E-state index is -0.671. The first-order valence-corrected chi connectivity index (χ1v) is 16.6. The molecule has 0 bridgehead atoms. The molecule has 0 saturated carbocycles. The monoisotopic (exact) mass is 616 g/mol. The van der Waals surface area contributed by atoms with Crippen LogP contribution in [0, 0.1) is 0 Å². The second-order valence-electron chi connectivity index (χ2n) is 10.7. The molecule has 0 aromatic rings. The molecule has 0 spiro atoms. The molecule has 41 heavy (non-hydrogen) atoms. The Hall–Kier alpha value is -1.58. The summed E-state index contributed by atoms with van der Waals surface area (Å²) in [7, 11) is 0. The molecule has 2 N–H and O–H groups in total. The molecule has 0 saturated heterocycles. The van der Waals surface area contributed by atoms with Gasteiger partial charge >= 0.3 is 11.9 Å². The number of allylic oxidation sites excluding steroid dienone is 8. The summed E-state index contributed by atoms with van der Waals surface area (Å²) in [6.07, 6.45) is 44.6. The maximum absolute atomic E-state index is 10.3. The summed E-state index contributed by atoms with van der Waals surface area (Å²) in [5.74, 6) is -1.34. The average Bonchev–Trinajstić information content (AvgIpc) is 2.93. The molecule has 0 radical (unpaired) electrons. The Bertz CT molecular complexity index is 596. The molecule has 0 aromatic heterocycles. The topological polar surface area (TPSA) is 74.6 Å². The Morgan fingerprint density at radius 3 is 0.976 bits per heavy atom. The van der Waals surface area contributed by atoms with Crippen molar-refractivity contribution in [2.45, 2.75) is 168 Å². The number of carboxylic acid groups (broad SMARTS) is 2. The van der Waals surface area contributed by atoms with E-state index in [1.807, 2.05) is 0 Å². The SMILES string of the molecule is CCCCC/C=C\C/C=C\CCCCCCCC(=O)O.CCCCC/C=C\C/C=C\CCCCCCCC(=O)O.[Fe]. The zero-order valence-corrected chi connectivity index (χ0v) is 27.8. The third-order valence-electron chi connectivity index (χ3n) is 6.68. The predicted octanol–water partition coefficient (Wildman–Crippen LogP) is 11.8. The zero-order valence-electron chi connectivity index (χ0n) is 26.7. The molecule has 240 valence electrons. The van der Waals surface area contributed by atoms with Gasteiger partial charge in [0, 0.05) is 29.9 Å². The van der Waals surface area contributed by atoms with Crippen LogP contribution in [0.1, 0.15) is 168 Å². The molecular formula is C36H64FeO4. The van der Waals surface area contributed by atoms with Crippen LogP contribution in [-0.4, -0.2) is 22.2 Å². The number of hydrogen-bond acceptors (Lipinski definition) is 2. The maximum Gasteiger partial charge on any atom is 0.303 e. The Balaban J connectivity index is -0.000000688. The van der Waals surface area contributed by atoms with E-state index in [4.69, 9.17) is 10.2 Å². The molecule has 0 fully saturated rings. The van der Waals surface area contributed by atoms with E-state index < -0.39 is 11.9 Å². The van der Waals surface area contributed by atoms with Crippen molar-refractivity contribution in [2.75, 3.05) is 0 Å². The summed E-state index contributed by atoms with van der Waals surface area (Å²) >= 11 is 0. The molecular weight excluding hydrogens is 552 g/mol. The molecule has 0 unspecified atom stereocenters. The van der Waals surface area contributed by atoms with Gasteiger partial charge in [0.15, 0.2) is 0 Å². The predicted molar refractivity (Wildman–Crippen MR) is 174 cm³/mol. The minimum Gasteiger partial charge on any atom is -0.481 e. The third-order valence-corrected chi connectivity index (χ3v) is 6.68. The fraction of sp³-hybridized carbons (Fsp3) is 0.722. The number of unbranched alkanes of at least 4 members (excludes halogenated alkanes) is 16. The molecule has 0 atom stereocenters. The molecule has 5 heteroatoms. The first kappa shape index (κ1) is 43.9. The molecule has 0 rings (SSSR count). The van der Waals surface area contributed by atoms with Gasteiger partial charge < -0.3 is 10.2 Å². The Morgan fingerprint density at radius 1 is 0.415 bits per heavy atom. The van der Waals surface area contributed by atoms with Crippen LogP contribution in [0.25, 0.3) is 0 Å². The zero-order chi connectivity index (χ0) is 29.8. The molecule has 0 aliphatic carbocycles. The van der Waals surface area contributed by atoms with Crippen LogP contribution in [0.3, 0.4) is 0 Å². The van der Waals surface area contributed by atoms with Crippen LogP contribution < -0.4 is 0 Å². The second kappa shape index (κ2) is 40.6. The van der Waals surface area contributed by atoms with Gasteiger partial charge in [-0.25, -0.2) is 0 Å². The van der Waals surface area contributed by atoms with Gasteiger partial charge in [0.05, 0.1) is 0 Å². The van der Waals surface area contributed by atoms with Gasteiger partial charge in [-0.05, 0) is 77.0 Å². The first-order valence-electron chi connectivity index (χ1n) is 16.6. The number of hydrogen-bond donors (Lipinski definition) is 2. The summed E-state index contributed by atoms with van der Waals surface area (Å²) < 4.78 is 0. The fourth-order valence-corrected chi connectivity index (χ4v) is 4.18. The van der Waals surface area contributed by atoms with Gasteiger partial charge in [-0.1, -0.05) is 127 Å². The van der Waals surface area contributed by atoms with Crippen molar-refractivity contribution >= 4 is 11.9 Å². The smallest absolute Gasteiger partial charge is 0.303 e. The van der Waals surface area contributed by atoms with Crippen molar-refractivity contribution in [1.29, 1.82) is 0 Å². The van der Waals surface area contributed by atoms with Gasteiger partial charge in [0.1, 0.15) is 0 Å². The Morgan fingerprint density at radius 2 is 0.683 bits per heavy atom. The van der Waals surface area contributed by atoms with E-state index in [0.717, 1.165) is 51.4 Å². The van der Waals surface area contributed by atoms with Crippen LogP contribution in [0.4, 0.5) is 0 Å². The second-order valence-corrected chi connectivity index (χ2v) is 10.7. The fourth-order valence-electron chi connectivity index (χ4n) is 4.18. The van der Waals surface area contributed by atoms with Crippen LogP contribution >= 0.6 is 0 Å². The van der Waals surface area contributed by atoms with Crippen molar-refractivity contribution in [3.05, 3.63) is 48.6 Å². The summed E-state index contributed by atoms with van der Waals surface area (Å²) in [5.41, 5.74) is 0. The van der Waals surface area contributed by atoms with Crippen LogP contribution in [-0.2, 0) is 26.7 Å². The van der Waals surface area contributed by atoms with E-state index in [0.29, 0.717) is 12.8 Å². The molecule has 0 aliphatic rings. The van der Waals surface area contributed by atoms with Gasteiger partial charge in [-0.3, -0.25) is 9.59 Å². The summed E-state index contributed by atoms with van der Waals surface area (Å²) in [5, 5.41) is 17.0. The standard InChI is InChI=1S/2C18H32O2.Fe/c2*1-2-3-4-5-6-7-8-9-10-11-12-13-14-15-16-17-18(19)20;/h2*6-7,9-10H,2-5,8,11-17H2,1H3,(H,19,20);/b2*7-6-,10-9-;. The maximum atomic E-state index is 10.3. The quantitative estimate of drug-likeness (QED) is 0.0521. The van der Waals surface area contributed by atoms with E-state index in [2.05, 4.69) is 62.5 Å². The van der Waals surface area contributed by atoms with E-state index >= 15 is 0 Å². The van der Waals surface area contributed by atoms with E-state index in [9.17, 15) is 9.59 Å². The Kier molecular flexibility index (Phi) is 43.4.